The second kappa shape index (κ2) is 4.60. The van der Waals surface area contributed by atoms with Crippen LogP contribution in [0.4, 0.5) is 5.82 Å². The van der Waals surface area contributed by atoms with E-state index in [2.05, 4.69) is 29.1 Å². The highest BCUT2D eigenvalue weighted by atomic mass is 35.5. The lowest BCUT2D eigenvalue weighted by Crippen LogP contribution is -2.16. The fourth-order valence-electron chi connectivity index (χ4n) is 1.07. The molecule has 14 heavy (non-hydrogen) atoms. The lowest BCUT2D eigenvalue weighted by Gasteiger charge is -2.15. The predicted molar refractivity (Wildman–Crippen MR) is 59.9 cm³/mol. The third-order valence-electron chi connectivity index (χ3n) is 2.36. The first-order chi connectivity index (χ1) is 6.54. The van der Waals surface area contributed by atoms with Crippen LogP contribution in [0, 0.1) is 13.8 Å². The Labute approximate surface area is 89.9 Å². The van der Waals surface area contributed by atoms with Gasteiger partial charge in [0.2, 0.25) is 5.28 Å². The van der Waals surface area contributed by atoms with Gasteiger partial charge in [-0.25, -0.2) is 9.97 Å². The summed E-state index contributed by atoms with van der Waals surface area (Å²) in [7, 11) is 0. The molecule has 1 aromatic heterocycles. The summed E-state index contributed by atoms with van der Waals surface area (Å²) in [5.74, 6) is 0.844. The van der Waals surface area contributed by atoms with Crippen molar-refractivity contribution >= 4 is 17.4 Å². The van der Waals surface area contributed by atoms with Crippen LogP contribution in [0.25, 0.3) is 0 Å². The van der Waals surface area contributed by atoms with Crippen LogP contribution in [-0.4, -0.2) is 16.0 Å². The van der Waals surface area contributed by atoms with E-state index < -0.39 is 0 Å². The number of rotatable bonds is 3. The highest BCUT2D eigenvalue weighted by molar-refractivity contribution is 6.28. The number of halogens is 1. The summed E-state index contributed by atoms with van der Waals surface area (Å²) in [6, 6.07) is 0.402. The summed E-state index contributed by atoms with van der Waals surface area (Å²) in [5.41, 5.74) is 1.99. The van der Waals surface area contributed by atoms with Crippen molar-refractivity contribution in [3.63, 3.8) is 0 Å². The van der Waals surface area contributed by atoms with Gasteiger partial charge in [-0.05, 0) is 38.8 Å². The Hall–Kier alpha value is -0.830. The van der Waals surface area contributed by atoms with Crippen LogP contribution in [0.1, 0.15) is 31.5 Å². The minimum absolute atomic E-state index is 0.305. The molecule has 0 aliphatic carbocycles. The number of aromatic nitrogens is 2. The first kappa shape index (κ1) is 11.2. The van der Waals surface area contributed by atoms with Crippen molar-refractivity contribution in [3.05, 3.63) is 16.5 Å². The quantitative estimate of drug-likeness (QED) is 0.785. The molecule has 0 saturated heterocycles. The molecule has 0 fully saturated rings. The smallest absolute Gasteiger partial charge is 0.224 e. The van der Waals surface area contributed by atoms with Crippen LogP contribution in [0.3, 0.4) is 0 Å². The SMILES string of the molecule is CC[C@H](C)Nc1nc(Cl)nc(C)c1C. The van der Waals surface area contributed by atoms with Gasteiger partial charge in [-0.3, -0.25) is 0 Å². The third kappa shape index (κ3) is 2.58. The van der Waals surface area contributed by atoms with Crippen LogP contribution in [0.5, 0.6) is 0 Å². The molecule has 1 aromatic rings. The number of hydrogen-bond acceptors (Lipinski definition) is 3. The normalized spacial score (nSPS) is 12.6. The number of anilines is 1. The van der Waals surface area contributed by atoms with Gasteiger partial charge in [0.1, 0.15) is 5.82 Å². The molecule has 0 aliphatic heterocycles. The molecule has 78 valence electrons. The standard InChI is InChI=1S/C10H16ClN3/c1-5-6(2)12-9-7(3)8(4)13-10(11)14-9/h6H,5H2,1-4H3,(H,12,13,14)/t6-/m0/s1. The van der Waals surface area contributed by atoms with Gasteiger partial charge in [-0.15, -0.1) is 0 Å². The zero-order chi connectivity index (χ0) is 10.7. The summed E-state index contributed by atoms with van der Waals surface area (Å²) in [6.07, 6.45) is 1.06. The van der Waals surface area contributed by atoms with E-state index in [9.17, 15) is 0 Å². The average molecular weight is 214 g/mol. The van der Waals surface area contributed by atoms with E-state index in [-0.39, 0.29) is 0 Å². The fraction of sp³-hybridized carbons (Fsp3) is 0.600. The zero-order valence-corrected chi connectivity index (χ0v) is 9.81. The van der Waals surface area contributed by atoms with Crippen molar-refractivity contribution in [1.29, 1.82) is 0 Å². The van der Waals surface area contributed by atoms with E-state index >= 15 is 0 Å². The molecule has 3 nitrogen and oxygen atoms in total. The largest absolute Gasteiger partial charge is 0.367 e. The van der Waals surface area contributed by atoms with Crippen molar-refractivity contribution in [2.75, 3.05) is 5.32 Å². The molecular formula is C10H16ClN3. The molecule has 1 heterocycles. The van der Waals surface area contributed by atoms with Crippen LogP contribution >= 0.6 is 11.6 Å². The molecule has 0 aromatic carbocycles. The molecule has 0 amide bonds. The molecule has 0 aliphatic rings. The number of nitrogens with one attached hydrogen (secondary N) is 1. The van der Waals surface area contributed by atoms with E-state index in [0.717, 1.165) is 23.5 Å². The van der Waals surface area contributed by atoms with E-state index in [1.807, 2.05) is 13.8 Å². The number of hydrogen-bond donors (Lipinski definition) is 1. The highest BCUT2D eigenvalue weighted by Crippen LogP contribution is 2.18. The summed E-state index contributed by atoms with van der Waals surface area (Å²) in [4.78, 5) is 8.25. The molecule has 0 spiro atoms. The lowest BCUT2D eigenvalue weighted by atomic mass is 10.2. The first-order valence-electron chi connectivity index (χ1n) is 4.81. The van der Waals surface area contributed by atoms with Crippen LogP contribution < -0.4 is 5.32 Å². The van der Waals surface area contributed by atoms with Crippen molar-refractivity contribution in [2.24, 2.45) is 0 Å². The van der Waals surface area contributed by atoms with E-state index in [4.69, 9.17) is 11.6 Å². The van der Waals surface area contributed by atoms with E-state index in [0.29, 0.717) is 11.3 Å². The van der Waals surface area contributed by atoms with Crippen molar-refractivity contribution in [2.45, 2.75) is 40.2 Å². The van der Waals surface area contributed by atoms with Gasteiger partial charge in [0.25, 0.3) is 0 Å². The number of aryl methyl sites for hydroxylation is 1. The Bertz CT molecular complexity index is 325. The maximum absolute atomic E-state index is 5.79. The lowest BCUT2D eigenvalue weighted by molar-refractivity contribution is 0.756. The van der Waals surface area contributed by atoms with E-state index in [1.54, 1.807) is 0 Å². The molecule has 0 unspecified atom stereocenters. The van der Waals surface area contributed by atoms with Gasteiger partial charge >= 0.3 is 0 Å². The molecule has 0 bridgehead atoms. The van der Waals surface area contributed by atoms with Gasteiger partial charge in [0.05, 0.1) is 0 Å². The fourth-order valence-corrected chi connectivity index (χ4v) is 1.28. The Morgan fingerprint density at radius 2 is 2.00 bits per heavy atom. The Balaban J connectivity index is 2.96. The Kier molecular flexibility index (Phi) is 3.69. The van der Waals surface area contributed by atoms with E-state index in [1.165, 1.54) is 0 Å². The minimum Gasteiger partial charge on any atom is -0.367 e. The second-order valence-corrected chi connectivity index (χ2v) is 3.84. The van der Waals surface area contributed by atoms with Crippen molar-refractivity contribution in [3.8, 4) is 0 Å². The molecule has 0 radical (unpaired) electrons. The molecule has 1 atom stereocenters. The van der Waals surface area contributed by atoms with Gasteiger partial charge < -0.3 is 5.32 Å². The Morgan fingerprint density at radius 3 is 2.57 bits per heavy atom. The first-order valence-corrected chi connectivity index (χ1v) is 5.19. The predicted octanol–water partition coefficient (Wildman–Crippen LogP) is 2.96. The monoisotopic (exact) mass is 213 g/mol. The summed E-state index contributed by atoms with van der Waals surface area (Å²) in [6.45, 7) is 8.18. The Morgan fingerprint density at radius 1 is 1.36 bits per heavy atom. The highest BCUT2D eigenvalue weighted by Gasteiger charge is 2.08. The molecule has 0 saturated carbocycles. The molecule has 1 rings (SSSR count). The maximum Gasteiger partial charge on any atom is 0.224 e. The number of nitrogens with zero attached hydrogens (tertiary/aromatic N) is 2. The van der Waals surface area contributed by atoms with Crippen LogP contribution in [0.2, 0.25) is 5.28 Å². The third-order valence-corrected chi connectivity index (χ3v) is 2.53. The molecular weight excluding hydrogens is 198 g/mol. The van der Waals surface area contributed by atoms with Gasteiger partial charge in [-0.2, -0.15) is 0 Å². The molecule has 4 heteroatoms. The summed E-state index contributed by atoms with van der Waals surface area (Å²) < 4.78 is 0. The van der Waals surface area contributed by atoms with Crippen molar-refractivity contribution < 1.29 is 0 Å². The average Bonchev–Trinajstić information content (AvgIpc) is 2.13. The van der Waals surface area contributed by atoms with Gasteiger partial charge in [0.15, 0.2) is 0 Å². The second-order valence-electron chi connectivity index (χ2n) is 3.51. The van der Waals surface area contributed by atoms with Gasteiger partial charge in [0, 0.05) is 17.3 Å². The zero-order valence-electron chi connectivity index (χ0n) is 9.06. The van der Waals surface area contributed by atoms with Crippen LogP contribution in [0.15, 0.2) is 0 Å². The van der Waals surface area contributed by atoms with Gasteiger partial charge in [-0.1, -0.05) is 6.92 Å². The molecule has 1 N–H and O–H groups in total. The summed E-state index contributed by atoms with van der Waals surface area (Å²) >= 11 is 5.79. The minimum atomic E-state index is 0.305. The van der Waals surface area contributed by atoms with Crippen LogP contribution in [-0.2, 0) is 0 Å². The maximum atomic E-state index is 5.79. The topological polar surface area (TPSA) is 37.8 Å². The van der Waals surface area contributed by atoms with Crippen molar-refractivity contribution in [1.82, 2.24) is 9.97 Å². The summed E-state index contributed by atoms with van der Waals surface area (Å²) in [5, 5.41) is 3.61.